The van der Waals surface area contributed by atoms with Crippen LogP contribution < -0.4 is 4.72 Å². The fourth-order valence-corrected chi connectivity index (χ4v) is 4.16. The molecular formula is C12H9ClF3NO2S2. The van der Waals surface area contributed by atoms with Gasteiger partial charge < -0.3 is 0 Å². The molecule has 1 aromatic heterocycles. The first-order valence-electron chi connectivity index (χ1n) is 5.59. The lowest BCUT2D eigenvalue weighted by molar-refractivity contribution is -0.127. The maximum atomic E-state index is 12.3. The maximum absolute atomic E-state index is 12.3. The Hall–Kier alpha value is -1.25. The van der Waals surface area contributed by atoms with E-state index in [0.29, 0.717) is 4.34 Å². The van der Waals surface area contributed by atoms with Crippen LogP contribution in [0.3, 0.4) is 0 Å². The lowest BCUT2D eigenvalue weighted by Gasteiger charge is -2.10. The van der Waals surface area contributed by atoms with Crippen molar-refractivity contribution in [3.05, 3.63) is 46.3 Å². The number of thiophene rings is 1. The number of hydrogen-bond donors (Lipinski definition) is 1. The molecule has 0 aliphatic heterocycles. The van der Waals surface area contributed by atoms with E-state index in [2.05, 4.69) is 4.72 Å². The molecule has 0 fully saturated rings. The molecule has 1 heterocycles. The Labute approximate surface area is 128 Å². The summed E-state index contributed by atoms with van der Waals surface area (Å²) in [5.41, 5.74) is 0.0492. The zero-order chi connectivity index (χ0) is 15.7. The minimum Gasteiger partial charge on any atom is -0.279 e. The van der Waals surface area contributed by atoms with E-state index in [1.807, 2.05) is 0 Å². The van der Waals surface area contributed by atoms with Crippen molar-refractivity contribution in [2.45, 2.75) is 16.8 Å². The van der Waals surface area contributed by atoms with E-state index in [-0.39, 0.29) is 15.5 Å². The molecule has 3 nitrogen and oxygen atoms in total. The minimum absolute atomic E-state index is 0.00581. The van der Waals surface area contributed by atoms with Crippen LogP contribution in [-0.2, 0) is 16.4 Å². The third-order valence-corrected chi connectivity index (χ3v) is 5.50. The fraction of sp³-hybridized carbons (Fsp3) is 0.167. The molecule has 0 unspecified atom stereocenters. The van der Waals surface area contributed by atoms with Crippen LogP contribution in [0.2, 0.25) is 4.34 Å². The van der Waals surface area contributed by atoms with Gasteiger partial charge in [-0.15, -0.1) is 11.3 Å². The normalized spacial score (nSPS) is 12.4. The first-order valence-corrected chi connectivity index (χ1v) is 8.27. The van der Waals surface area contributed by atoms with Crippen LogP contribution in [-0.4, -0.2) is 14.6 Å². The number of halogens is 4. The SMILES string of the molecule is O=S(=O)(Nc1cccc(CC(F)(F)F)c1)c1ccc(Cl)s1. The second-order valence-electron chi connectivity index (χ2n) is 4.16. The molecule has 0 saturated heterocycles. The third kappa shape index (κ3) is 4.62. The largest absolute Gasteiger partial charge is 0.393 e. The van der Waals surface area contributed by atoms with Crippen molar-refractivity contribution in [2.24, 2.45) is 0 Å². The van der Waals surface area contributed by atoms with Crippen LogP contribution in [0.4, 0.5) is 18.9 Å². The summed E-state index contributed by atoms with van der Waals surface area (Å²) in [7, 11) is -3.85. The van der Waals surface area contributed by atoms with E-state index < -0.39 is 22.6 Å². The van der Waals surface area contributed by atoms with E-state index >= 15 is 0 Å². The second kappa shape index (κ2) is 5.86. The quantitative estimate of drug-likeness (QED) is 0.888. The summed E-state index contributed by atoms with van der Waals surface area (Å²) in [6, 6.07) is 7.94. The van der Waals surface area contributed by atoms with Gasteiger partial charge in [-0.3, -0.25) is 4.72 Å². The van der Waals surface area contributed by atoms with Gasteiger partial charge in [0.25, 0.3) is 10.0 Å². The average molecular weight is 356 g/mol. The Morgan fingerprint density at radius 1 is 1.19 bits per heavy atom. The smallest absolute Gasteiger partial charge is 0.279 e. The molecule has 0 bridgehead atoms. The van der Waals surface area contributed by atoms with Gasteiger partial charge in [-0.25, -0.2) is 8.42 Å². The number of hydrogen-bond acceptors (Lipinski definition) is 3. The van der Waals surface area contributed by atoms with Gasteiger partial charge in [0, 0.05) is 5.69 Å². The van der Waals surface area contributed by atoms with Gasteiger partial charge in [0.2, 0.25) is 0 Å². The predicted octanol–water partition coefficient (Wildman–Crippen LogP) is 4.31. The number of benzene rings is 1. The van der Waals surface area contributed by atoms with Crippen molar-refractivity contribution in [3.8, 4) is 0 Å². The van der Waals surface area contributed by atoms with Crippen molar-refractivity contribution >= 4 is 38.6 Å². The highest BCUT2D eigenvalue weighted by Crippen LogP contribution is 2.28. The highest BCUT2D eigenvalue weighted by Gasteiger charge is 2.27. The molecule has 1 aromatic carbocycles. The number of nitrogens with one attached hydrogen (secondary N) is 1. The molecular weight excluding hydrogens is 347 g/mol. The Bertz CT molecular complexity index is 741. The lowest BCUT2D eigenvalue weighted by Crippen LogP contribution is -2.13. The highest BCUT2D eigenvalue weighted by molar-refractivity contribution is 7.94. The number of sulfonamides is 1. The van der Waals surface area contributed by atoms with Gasteiger partial charge in [0.05, 0.1) is 10.8 Å². The van der Waals surface area contributed by atoms with Crippen LogP contribution in [0, 0.1) is 0 Å². The van der Waals surface area contributed by atoms with Gasteiger partial charge in [-0.2, -0.15) is 13.2 Å². The first-order chi connectivity index (χ1) is 9.66. The fourth-order valence-electron chi connectivity index (χ4n) is 1.62. The Balaban J connectivity index is 2.22. The van der Waals surface area contributed by atoms with Crippen LogP contribution in [0.25, 0.3) is 0 Å². The van der Waals surface area contributed by atoms with Gasteiger partial charge in [-0.05, 0) is 29.8 Å². The summed E-state index contributed by atoms with van der Waals surface area (Å²) >= 11 is 6.53. The molecule has 21 heavy (non-hydrogen) atoms. The predicted molar refractivity (Wildman–Crippen MR) is 76.3 cm³/mol. The molecule has 114 valence electrons. The first kappa shape index (κ1) is 16.1. The molecule has 9 heteroatoms. The summed E-state index contributed by atoms with van der Waals surface area (Å²) < 4.78 is 63.6. The Morgan fingerprint density at radius 2 is 1.90 bits per heavy atom. The zero-order valence-electron chi connectivity index (χ0n) is 10.3. The monoisotopic (exact) mass is 355 g/mol. The molecule has 0 aliphatic carbocycles. The zero-order valence-corrected chi connectivity index (χ0v) is 12.7. The lowest BCUT2D eigenvalue weighted by atomic mass is 10.1. The van der Waals surface area contributed by atoms with Crippen molar-refractivity contribution in [1.29, 1.82) is 0 Å². The third-order valence-electron chi connectivity index (χ3n) is 2.40. The Morgan fingerprint density at radius 3 is 2.48 bits per heavy atom. The highest BCUT2D eigenvalue weighted by atomic mass is 35.5. The molecule has 0 aliphatic rings. The molecule has 0 atom stereocenters. The van der Waals surface area contributed by atoms with Gasteiger partial charge in [0.1, 0.15) is 4.21 Å². The second-order valence-corrected chi connectivity index (χ2v) is 7.78. The summed E-state index contributed by atoms with van der Waals surface area (Å²) in [4.78, 5) is 0. The topological polar surface area (TPSA) is 46.2 Å². The molecule has 2 rings (SSSR count). The maximum Gasteiger partial charge on any atom is 0.393 e. The van der Waals surface area contributed by atoms with Crippen LogP contribution in [0.15, 0.2) is 40.6 Å². The summed E-state index contributed by atoms with van der Waals surface area (Å²) in [5, 5.41) is 0. The average Bonchev–Trinajstić information content (AvgIpc) is 2.74. The van der Waals surface area contributed by atoms with E-state index in [9.17, 15) is 21.6 Å². The van der Waals surface area contributed by atoms with Gasteiger partial charge >= 0.3 is 6.18 Å². The summed E-state index contributed by atoms with van der Waals surface area (Å²) in [5.74, 6) is 0. The van der Waals surface area contributed by atoms with E-state index in [4.69, 9.17) is 11.6 Å². The van der Waals surface area contributed by atoms with E-state index in [1.165, 1.54) is 30.3 Å². The molecule has 1 N–H and O–H groups in total. The van der Waals surface area contributed by atoms with Crippen molar-refractivity contribution in [1.82, 2.24) is 0 Å². The molecule has 0 amide bonds. The van der Waals surface area contributed by atoms with Crippen LogP contribution in [0.1, 0.15) is 5.56 Å². The summed E-state index contributed by atoms with van der Waals surface area (Å²) in [6.45, 7) is 0. The Kier molecular flexibility index (Phi) is 4.50. The molecule has 0 radical (unpaired) electrons. The minimum atomic E-state index is -4.35. The number of alkyl halides is 3. The number of anilines is 1. The van der Waals surface area contributed by atoms with Crippen LogP contribution >= 0.6 is 22.9 Å². The van der Waals surface area contributed by atoms with Gasteiger partial charge in [-0.1, -0.05) is 23.7 Å². The van der Waals surface area contributed by atoms with Crippen molar-refractivity contribution in [2.75, 3.05) is 4.72 Å². The van der Waals surface area contributed by atoms with E-state index in [0.717, 1.165) is 17.4 Å². The van der Waals surface area contributed by atoms with Gasteiger partial charge in [0.15, 0.2) is 0 Å². The van der Waals surface area contributed by atoms with E-state index in [1.54, 1.807) is 0 Å². The van der Waals surface area contributed by atoms with Crippen molar-refractivity contribution in [3.63, 3.8) is 0 Å². The van der Waals surface area contributed by atoms with Crippen molar-refractivity contribution < 1.29 is 21.6 Å². The molecule has 0 saturated carbocycles. The number of rotatable bonds is 4. The summed E-state index contributed by atoms with van der Waals surface area (Å²) in [6.07, 6.45) is -5.47. The standard InChI is InChI=1S/C12H9ClF3NO2S2/c13-10-4-5-11(20-10)21(18,19)17-9-3-1-2-8(6-9)7-12(14,15)16/h1-6,17H,7H2. The molecule has 0 spiro atoms. The molecule has 2 aromatic rings. The van der Waals surface area contributed by atoms with Crippen LogP contribution in [0.5, 0.6) is 0 Å².